The van der Waals surface area contributed by atoms with E-state index in [1.807, 2.05) is 0 Å². The quantitative estimate of drug-likeness (QED) is 0.693. The number of carbonyl (C=O) groups excluding carboxylic acids is 1. The number of halogens is 2. The number of ether oxygens (including phenoxy) is 2. The van der Waals surface area contributed by atoms with E-state index in [1.165, 1.54) is 38.3 Å². The summed E-state index contributed by atoms with van der Waals surface area (Å²) in [5.41, 5.74) is 0.482. The molecule has 2 aromatic carbocycles. The van der Waals surface area contributed by atoms with Gasteiger partial charge in [0, 0.05) is 0 Å². The van der Waals surface area contributed by atoms with Crippen molar-refractivity contribution in [1.29, 1.82) is 0 Å². The van der Waals surface area contributed by atoms with E-state index in [2.05, 4.69) is 4.98 Å². The fourth-order valence-electron chi connectivity index (χ4n) is 2.68. The third-order valence-corrected chi connectivity index (χ3v) is 3.90. The number of methoxy groups -OCH3 is 1. The number of imidazole rings is 1. The van der Waals surface area contributed by atoms with Crippen LogP contribution >= 0.6 is 0 Å². The maximum Gasteiger partial charge on any atom is 0.342 e. The summed E-state index contributed by atoms with van der Waals surface area (Å²) in [5.74, 6) is -1.24. The number of hydrogen-bond donors (Lipinski definition) is 1. The molecule has 0 fully saturated rings. The molecule has 0 unspecified atom stereocenters. The van der Waals surface area contributed by atoms with Gasteiger partial charge in [0.05, 0.1) is 18.1 Å². The molecule has 3 rings (SSSR count). The van der Waals surface area contributed by atoms with Gasteiger partial charge in [0.15, 0.2) is 23.4 Å². The lowest BCUT2D eigenvalue weighted by molar-refractivity contribution is 0.0230. The number of phenols is 1. The fourth-order valence-corrected chi connectivity index (χ4v) is 2.68. The van der Waals surface area contributed by atoms with Crippen molar-refractivity contribution in [2.45, 2.75) is 19.6 Å². The summed E-state index contributed by atoms with van der Waals surface area (Å²) in [6.07, 6.45) is -1.06. The number of alkyl halides is 2. The minimum atomic E-state index is -2.84. The van der Waals surface area contributed by atoms with Crippen LogP contribution < -0.4 is 4.74 Å². The third-order valence-electron chi connectivity index (χ3n) is 3.90. The lowest BCUT2D eigenvalue weighted by atomic mass is 10.2. The Morgan fingerprint density at radius 2 is 1.92 bits per heavy atom. The van der Waals surface area contributed by atoms with E-state index in [9.17, 15) is 18.7 Å². The second kappa shape index (κ2) is 6.99. The molecule has 3 aromatic rings. The zero-order chi connectivity index (χ0) is 18.8. The molecule has 136 valence electrons. The lowest BCUT2D eigenvalue weighted by Gasteiger charge is -2.16. The first-order valence-corrected chi connectivity index (χ1v) is 7.76. The van der Waals surface area contributed by atoms with Crippen LogP contribution in [0.5, 0.6) is 11.5 Å². The number of para-hydroxylation sites is 3. The van der Waals surface area contributed by atoms with E-state index in [0.717, 1.165) is 4.57 Å². The van der Waals surface area contributed by atoms with Crippen molar-refractivity contribution in [3.05, 3.63) is 53.9 Å². The summed E-state index contributed by atoms with van der Waals surface area (Å²) in [4.78, 5) is 16.5. The maximum atomic E-state index is 13.5. The van der Waals surface area contributed by atoms with Crippen molar-refractivity contribution in [3.63, 3.8) is 0 Å². The van der Waals surface area contributed by atoms with Gasteiger partial charge in [-0.15, -0.1) is 0 Å². The maximum absolute atomic E-state index is 13.5. The highest BCUT2D eigenvalue weighted by Crippen LogP contribution is 2.32. The van der Waals surface area contributed by atoms with Crippen molar-refractivity contribution < 1.29 is 28.2 Å². The predicted octanol–water partition coefficient (Wildman–Crippen LogP) is 4.06. The van der Waals surface area contributed by atoms with Crippen LogP contribution in [0.2, 0.25) is 0 Å². The Morgan fingerprint density at radius 1 is 1.19 bits per heavy atom. The van der Waals surface area contributed by atoms with E-state index in [-0.39, 0.29) is 28.4 Å². The molecule has 0 aliphatic heterocycles. The smallest absolute Gasteiger partial charge is 0.342 e. The zero-order valence-corrected chi connectivity index (χ0v) is 14.0. The Bertz CT molecular complexity index is 956. The Morgan fingerprint density at radius 3 is 2.62 bits per heavy atom. The van der Waals surface area contributed by atoms with Gasteiger partial charge in [0.2, 0.25) is 0 Å². The third kappa shape index (κ3) is 3.05. The van der Waals surface area contributed by atoms with Gasteiger partial charge in [-0.25, -0.2) is 9.78 Å². The minimum absolute atomic E-state index is 0.0862. The molecule has 1 N–H and O–H groups in total. The van der Waals surface area contributed by atoms with E-state index in [0.29, 0.717) is 5.52 Å². The standard InChI is InChI=1S/C18H16F2N2O4/c1-10(26-17(24)11-6-5-9-14(25-2)15(11)23)16-21-12-7-3-4-8-13(12)22(16)18(19)20/h3-10,18,23H,1-2H3/t10-/m0/s1. The summed E-state index contributed by atoms with van der Waals surface area (Å²) >= 11 is 0. The van der Waals surface area contributed by atoms with Crippen molar-refractivity contribution in [3.8, 4) is 11.5 Å². The van der Waals surface area contributed by atoms with Crippen LogP contribution in [-0.4, -0.2) is 27.7 Å². The molecule has 0 saturated heterocycles. The van der Waals surface area contributed by atoms with Gasteiger partial charge in [-0.2, -0.15) is 8.78 Å². The van der Waals surface area contributed by atoms with E-state index in [4.69, 9.17) is 9.47 Å². The SMILES string of the molecule is COc1cccc(C(=O)O[C@@H](C)c2nc3ccccc3n2C(F)F)c1O. The van der Waals surface area contributed by atoms with Crippen LogP contribution in [0.25, 0.3) is 11.0 Å². The molecule has 0 spiro atoms. The van der Waals surface area contributed by atoms with Gasteiger partial charge >= 0.3 is 12.5 Å². The van der Waals surface area contributed by atoms with Gasteiger partial charge in [-0.1, -0.05) is 18.2 Å². The zero-order valence-electron chi connectivity index (χ0n) is 14.0. The number of carbonyl (C=O) groups is 1. The van der Waals surface area contributed by atoms with Gasteiger partial charge in [0.1, 0.15) is 5.56 Å². The number of esters is 1. The summed E-state index contributed by atoms with van der Waals surface area (Å²) < 4.78 is 37.9. The van der Waals surface area contributed by atoms with E-state index >= 15 is 0 Å². The monoisotopic (exact) mass is 362 g/mol. The Labute approximate surface area is 147 Å². The second-order valence-electron chi connectivity index (χ2n) is 5.51. The average Bonchev–Trinajstić information content (AvgIpc) is 3.01. The van der Waals surface area contributed by atoms with Gasteiger partial charge in [0.25, 0.3) is 0 Å². The summed E-state index contributed by atoms with van der Waals surface area (Å²) in [6, 6.07) is 10.8. The highest BCUT2D eigenvalue weighted by molar-refractivity contribution is 5.93. The van der Waals surface area contributed by atoms with Crippen molar-refractivity contribution in [2.75, 3.05) is 7.11 Å². The van der Waals surface area contributed by atoms with Crippen molar-refractivity contribution in [2.24, 2.45) is 0 Å². The number of nitrogens with zero attached hydrogens (tertiary/aromatic N) is 2. The first-order valence-electron chi connectivity index (χ1n) is 7.76. The lowest BCUT2D eigenvalue weighted by Crippen LogP contribution is -2.15. The first-order chi connectivity index (χ1) is 12.4. The molecule has 0 radical (unpaired) electrons. The number of hydrogen-bond acceptors (Lipinski definition) is 5. The van der Waals surface area contributed by atoms with Crippen molar-refractivity contribution >= 4 is 17.0 Å². The minimum Gasteiger partial charge on any atom is -0.504 e. The van der Waals surface area contributed by atoms with E-state index in [1.54, 1.807) is 18.2 Å². The molecular weight excluding hydrogens is 346 g/mol. The van der Waals surface area contributed by atoms with Crippen LogP contribution in [0.3, 0.4) is 0 Å². The molecule has 0 saturated carbocycles. The number of benzene rings is 2. The average molecular weight is 362 g/mol. The number of aromatic hydroxyl groups is 1. The predicted molar refractivity (Wildman–Crippen MR) is 89.5 cm³/mol. The van der Waals surface area contributed by atoms with Crippen LogP contribution in [0.4, 0.5) is 8.78 Å². The summed E-state index contributed by atoms with van der Waals surface area (Å²) in [6.45, 7) is -1.40. The number of aromatic nitrogens is 2. The molecule has 1 atom stereocenters. The van der Waals surface area contributed by atoms with Crippen LogP contribution in [-0.2, 0) is 4.74 Å². The Balaban J connectivity index is 1.93. The largest absolute Gasteiger partial charge is 0.504 e. The molecule has 8 heteroatoms. The van der Waals surface area contributed by atoms with Crippen LogP contribution in [0.1, 0.15) is 35.8 Å². The van der Waals surface area contributed by atoms with Gasteiger partial charge in [-0.05, 0) is 31.2 Å². The number of fused-ring (bicyclic) bond motifs is 1. The molecule has 0 aliphatic carbocycles. The molecule has 1 heterocycles. The van der Waals surface area contributed by atoms with Gasteiger partial charge < -0.3 is 14.6 Å². The second-order valence-corrected chi connectivity index (χ2v) is 5.51. The summed E-state index contributed by atoms with van der Waals surface area (Å²) in [7, 11) is 1.35. The van der Waals surface area contributed by atoms with Gasteiger partial charge in [-0.3, -0.25) is 4.57 Å². The van der Waals surface area contributed by atoms with Crippen LogP contribution in [0, 0.1) is 0 Å². The topological polar surface area (TPSA) is 73.6 Å². The molecule has 6 nitrogen and oxygen atoms in total. The molecule has 1 aromatic heterocycles. The van der Waals surface area contributed by atoms with E-state index < -0.39 is 18.6 Å². The number of rotatable bonds is 5. The molecular formula is C18H16F2N2O4. The molecule has 0 amide bonds. The highest BCUT2D eigenvalue weighted by Gasteiger charge is 2.26. The van der Waals surface area contributed by atoms with Crippen LogP contribution in [0.15, 0.2) is 42.5 Å². The fraction of sp³-hybridized carbons (Fsp3) is 0.222. The highest BCUT2D eigenvalue weighted by atomic mass is 19.3. The Hall–Kier alpha value is -3.16. The summed E-state index contributed by atoms with van der Waals surface area (Å²) in [5, 5.41) is 10.0. The normalized spacial score (nSPS) is 12.3. The molecule has 0 bridgehead atoms. The molecule has 26 heavy (non-hydrogen) atoms. The number of phenolic OH excluding ortho intramolecular Hbond substituents is 1. The molecule has 0 aliphatic rings. The van der Waals surface area contributed by atoms with Crippen molar-refractivity contribution in [1.82, 2.24) is 9.55 Å². The Kier molecular flexibility index (Phi) is 4.75. The first kappa shape index (κ1) is 17.7.